The quantitative estimate of drug-likeness (QED) is 0.166. The molecule has 8 aromatic carbocycles. The van der Waals surface area contributed by atoms with E-state index < -0.39 is 7.29 Å². The molecule has 1 aliphatic rings. The van der Waals surface area contributed by atoms with Crippen molar-refractivity contribution >= 4 is 62.0 Å². The predicted molar refractivity (Wildman–Crippen MR) is 230 cm³/mol. The lowest BCUT2D eigenvalue weighted by Crippen LogP contribution is -2.33. The number of anilines is 2. The molecular weight excluding hydrogens is 690 g/mol. The molecule has 0 saturated heterocycles. The van der Waals surface area contributed by atoms with Gasteiger partial charge in [0.15, 0.2) is 0 Å². The lowest BCUT2D eigenvalue weighted by atomic mass is 10.0. The topological polar surface area (TPSA) is 30.2 Å². The van der Waals surface area contributed by atoms with Crippen molar-refractivity contribution in [2.45, 2.75) is 0 Å². The highest BCUT2D eigenvalue weighted by atomic mass is 31.2. The maximum absolute atomic E-state index is 16.8. The van der Waals surface area contributed by atoms with Crippen LogP contribution in [0.25, 0.3) is 66.5 Å². The van der Waals surface area contributed by atoms with E-state index in [2.05, 4.69) is 159 Å². The number of para-hydroxylation sites is 5. The number of fused-ring (bicyclic) bond motifs is 8. The number of hydrogen-bond acceptors (Lipinski definition) is 1. The standard InChI is InChI=1S/C50H34N3OP/c54-55(40-23-11-4-12-24-40)50-44-34-36(35-29-31-46-43(33-35)41-25-13-15-27-45(41)51(46)37-17-5-1-6-18-37)30-32-47(44)52(38-19-7-2-8-20-38)49(50)42-26-14-16-28-48(42)53(55)39-21-9-3-10-22-39/h1-34H. The molecule has 4 nitrogen and oxygen atoms in total. The van der Waals surface area contributed by atoms with Gasteiger partial charge in [-0.1, -0.05) is 121 Å². The fraction of sp³-hybridized carbons (Fsp3) is 0. The van der Waals surface area contributed by atoms with Gasteiger partial charge < -0.3 is 9.13 Å². The number of rotatable bonds is 5. The van der Waals surface area contributed by atoms with Crippen molar-refractivity contribution < 1.29 is 4.57 Å². The number of hydrogen-bond donors (Lipinski definition) is 0. The molecule has 10 aromatic rings. The van der Waals surface area contributed by atoms with Crippen molar-refractivity contribution in [2.75, 3.05) is 4.67 Å². The fourth-order valence-electron chi connectivity index (χ4n) is 8.72. The first-order valence-corrected chi connectivity index (χ1v) is 20.3. The molecule has 1 atom stereocenters. The SMILES string of the molecule is O=P1(c2ccccc2)c2c(n(-c3ccccc3)c3ccc(-c4ccc5c(c4)c4ccccc4n5-c4ccccc4)cc23)-c2ccccc2N1c1ccccc1. The third-order valence-corrected chi connectivity index (χ3v) is 14.1. The van der Waals surface area contributed by atoms with Crippen LogP contribution < -0.4 is 15.3 Å². The minimum Gasteiger partial charge on any atom is -0.309 e. The van der Waals surface area contributed by atoms with E-state index in [1.165, 1.54) is 16.3 Å². The summed E-state index contributed by atoms with van der Waals surface area (Å²) < 4.78 is 23.6. The van der Waals surface area contributed by atoms with Crippen LogP contribution in [0.3, 0.4) is 0 Å². The molecule has 55 heavy (non-hydrogen) atoms. The largest absolute Gasteiger partial charge is 0.309 e. The van der Waals surface area contributed by atoms with Gasteiger partial charge in [-0.05, 0) is 96.1 Å². The monoisotopic (exact) mass is 723 g/mol. The van der Waals surface area contributed by atoms with Crippen LogP contribution >= 0.6 is 7.29 Å². The van der Waals surface area contributed by atoms with Crippen molar-refractivity contribution in [1.82, 2.24) is 9.13 Å². The van der Waals surface area contributed by atoms with Gasteiger partial charge in [0.05, 0.1) is 33.2 Å². The van der Waals surface area contributed by atoms with Gasteiger partial charge in [0.1, 0.15) is 0 Å². The molecule has 5 heteroatoms. The van der Waals surface area contributed by atoms with E-state index in [0.717, 1.165) is 72.2 Å². The van der Waals surface area contributed by atoms with E-state index in [1.807, 2.05) is 60.7 Å². The molecule has 1 unspecified atom stereocenters. The highest BCUT2D eigenvalue weighted by Gasteiger charge is 2.46. The molecule has 260 valence electrons. The molecule has 0 saturated carbocycles. The van der Waals surface area contributed by atoms with Gasteiger partial charge in [0, 0.05) is 44.1 Å². The van der Waals surface area contributed by atoms with E-state index in [0.29, 0.717) is 0 Å². The highest BCUT2D eigenvalue weighted by molar-refractivity contribution is 7.81. The highest BCUT2D eigenvalue weighted by Crippen LogP contribution is 2.63. The first kappa shape index (κ1) is 31.6. The van der Waals surface area contributed by atoms with Crippen LogP contribution in [-0.4, -0.2) is 9.13 Å². The molecular formula is C50H34N3OP. The van der Waals surface area contributed by atoms with Crippen LogP contribution in [0.1, 0.15) is 0 Å². The Kier molecular flexibility index (Phi) is 7.10. The van der Waals surface area contributed by atoms with E-state index in [9.17, 15) is 0 Å². The van der Waals surface area contributed by atoms with Gasteiger partial charge in [-0.3, -0.25) is 9.24 Å². The van der Waals surface area contributed by atoms with Gasteiger partial charge in [-0.25, -0.2) is 0 Å². The Morgan fingerprint density at radius 1 is 0.382 bits per heavy atom. The molecule has 0 spiro atoms. The minimum atomic E-state index is -3.57. The Morgan fingerprint density at radius 2 is 0.873 bits per heavy atom. The van der Waals surface area contributed by atoms with Crippen molar-refractivity contribution in [2.24, 2.45) is 0 Å². The summed E-state index contributed by atoms with van der Waals surface area (Å²) in [5.41, 5.74) is 11.5. The van der Waals surface area contributed by atoms with Crippen LogP contribution in [0.2, 0.25) is 0 Å². The average Bonchev–Trinajstić information content (AvgIpc) is 3.78. The van der Waals surface area contributed by atoms with Gasteiger partial charge in [-0.2, -0.15) is 0 Å². The molecule has 11 rings (SSSR count). The van der Waals surface area contributed by atoms with Crippen molar-refractivity contribution in [3.63, 3.8) is 0 Å². The Hall–Kier alpha value is -6.87. The maximum Gasteiger partial charge on any atom is 0.236 e. The van der Waals surface area contributed by atoms with Crippen LogP contribution in [0.4, 0.5) is 11.4 Å². The molecule has 0 fully saturated rings. The zero-order chi connectivity index (χ0) is 36.5. The molecule has 0 radical (unpaired) electrons. The molecule has 0 bridgehead atoms. The third-order valence-electron chi connectivity index (χ3n) is 11.1. The van der Waals surface area contributed by atoms with Crippen molar-refractivity contribution in [3.8, 4) is 33.8 Å². The number of nitrogens with zero attached hydrogens (tertiary/aromatic N) is 3. The molecule has 0 N–H and O–H groups in total. The number of benzene rings is 8. The lowest BCUT2D eigenvalue weighted by Gasteiger charge is -2.39. The normalized spacial score (nSPS) is 15.0. The van der Waals surface area contributed by atoms with Gasteiger partial charge in [0.2, 0.25) is 7.29 Å². The molecule has 3 heterocycles. The number of aromatic nitrogens is 2. The van der Waals surface area contributed by atoms with E-state index in [4.69, 9.17) is 0 Å². The minimum absolute atomic E-state index is 0.794. The molecule has 0 amide bonds. The first-order chi connectivity index (χ1) is 27.2. The van der Waals surface area contributed by atoms with Gasteiger partial charge in [0.25, 0.3) is 0 Å². The first-order valence-electron chi connectivity index (χ1n) is 18.6. The summed E-state index contributed by atoms with van der Waals surface area (Å²) in [7, 11) is -3.57. The van der Waals surface area contributed by atoms with E-state index >= 15 is 4.57 Å². The summed E-state index contributed by atoms with van der Waals surface area (Å²) in [4.78, 5) is 0. The van der Waals surface area contributed by atoms with E-state index in [1.54, 1.807) is 0 Å². The zero-order valence-corrected chi connectivity index (χ0v) is 30.7. The van der Waals surface area contributed by atoms with Gasteiger partial charge in [-0.15, -0.1) is 0 Å². The summed E-state index contributed by atoms with van der Waals surface area (Å²) >= 11 is 0. The smallest absolute Gasteiger partial charge is 0.236 e. The van der Waals surface area contributed by atoms with E-state index in [-0.39, 0.29) is 0 Å². The zero-order valence-electron chi connectivity index (χ0n) is 29.8. The second-order valence-electron chi connectivity index (χ2n) is 14.1. The predicted octanol–water partition coefficient (Wildman–Crippen LogP) is 12.4. The third kappa shape index (κ3) is 4.69. The second kappa shape index (κ2) is 12.3. The summed E-state index contributed by atoms with van der Waals surface area (Å²) in [6, 6.07) is 71.9. The lowest BCUT2D eigenvalue weighted by molar-refractivity contribution is 0.587. The molecule has 1 aliphatic heterocycles. The average molecular weight is 724 g/mol. The Labute approximate surface area is 319 Å². The Balaban J connectivity index is 1.23. The van der Waals surface area contributed by atoms with Crippen LogP contribution in [0.15, 0.2) is 206 Å². The molecule has 2 aromatic heterocycles. The molecule has 0 aliphatic carbocycles. The second-order valence-corrected chi connectivity index (χ2v) is 16.6. The summed E-state index contributed by atoms with van der Waals surface area (Å²) in [5, 5.41) is 5.03. The van der Waals surface area contributed by atoms with Gasteiger partial charge >= 0.3 is 0 Å². The summed E-state index contributed by atoms with van der Waals surface area (Å²) in [6.07, 6.45) is 0. The van der Waals surface area contributed by atoms with Crippen LogP contribution in [0, 0.1) is 0 Å². The summed E-state index contributed by atoms with van der Waals surface area (Å²) in [6.45, 7) is 0. The van der Waals surface area contributed by atoms with Crippen LogP contribution in [-0.2, 0) is 4.57 Å². The van der Waals surface area contributed by atoms with Crippen molar-refractivity contribution in [3.05, 3.63) is 206 Å². The Morgan fingerprint density at radius 3 is 1.55 bits per heavy atom. The maximum atomic E-state index is 16.8. The van der Waals surface area contributed by atoms with Crippen LogP contribution in [0.5, 0.6) is 0 Å². The summed E-state index contributed by atoms with van der Waals surface area (Å²) in [5.74, 6) is 0. The Bertz CT molecular complexity index is 3110. The fourth-order valence-corrected chi connectivity index (χ4v) is 11.9. The van der Waals surface area contributed by atoms with Crippen molar-refractivity contribution in [1.29, 1.82) is 0 Å².